The summed E-state index contributed by atoms with van der Waals surface area (Å²) >= 11 is 0. The summed E-state index contributed by atoms with van der Waals surface area (Å²) in [4.78, 5) is 0. The average Bonchev–Trinajstić information content (AvgIpc) is 2.33. The number of hydrogen-bond acceptors (Lipinski definition) is 5. The Balaban J connectivity index is 4.20. The molecule has 0 bridgehead atoms. The van der Waals surface area contributed by atoms with Crippen LogP contribution in [0, 0.1) is 0 Å². The molecule has 0 saturated carbocycles. The lowest BCUT2D eigenvalue weighted by Crippen LogP contribution is -2.46. The first-order valence-electron chi connectivity index (χ1n) is 6.47. The van der Waals surface area contributed by atoms with Gasteiger partial charge in [-0.2, -0.15) is 0 Å². The van der Waals surface area contributed by atoms with E-state index in [-0.39, 0.29) is 6.61 Å². The monoisotopic (exact) mass is 265 g/mol. The van der Waals surface area contributed by atoms with E-state index in [1.807, 2.05) is 13.8 Å². The van der Waals surface area contributed by atoms with Gasteiger partial charge in [-0.15, -0.1) is 0 Å². The second kappa shape index (κ2) is 11.1. The fourth-order valence-corrected chi connectivity index (χ4v) is 4.20. The van der Waals surface area contributed by atoms with Gasteiger partial charge >= 0.3 is 8.80 Å². The second-order valence-corrected chi connectivity index (χ2v) is 6.45. The molecule has 0 atom stereocenters. The Kier molecular flexibility index (Phi) is 11.1. The third-order valence-electron chi connectivity index (χ3n) is 2.29. The molecule has 0 spiro atoms. The van der Waals surface area contributed by atoms with Crippen LogP contribution in [0.1, 0.15) is 33.1 Å². The van der Waals surface area contributed by atoms with Crippen molar-refractivity contribution < 1.29 is 18.4 Å². The largest absolute Gasteiger partial charge is 0.500 e. The summed E-state index contributed by atoms with van der Waals surface area (Å²) in [6.45, 7) is 6.48. The molecule has 0 radical (unpaired) electrons. The van der Waals surface area contributed by atoms with Crippen LogP contribution in [-0.2, 0) is 13.3 Å². The van der Waals surface area contributed by atoms with Gasteiger partial charge in [0.2, 0.25) is 0 Å². The molecule has 0 aromatic heterocycles. The van der Waals surface area contributed by atoms with Gasteiger partial charge in [-0.25, -0.2) is 0 Å². The third kappa shape index (κ3) is 7.85. The maximum atomic E-state index is 8.72. The average molecular weight is 265 g/mol. The Labute approximate surface area is 106 Å². The van der Waals surface area contributed by atoms with Crippen molar-refractivity contribution in [2.45, 2.75) is 39.2 Å². The first-order chi connectivity index (χ1) is 8.24. The van der Waals surface area contributed by atoms with Crippen molar-refractivity contribution in [3.8, 4) is 0 Å². The lowest BCUT2D eigenvalue weighted by Gasteiger charge is -2.28. The van der Waals surface area contributed by atoms with Crippen molar-refractivity contribution in [2.24, 2.45) is 5.73 Å². The van der Waals surface area contributed by atoms with Crippen molar-refractivity contribution in [1.29, 1.82) is 0 Å². The molecule has 0 aromatic rings. The first-order valence-corrected chi connectivity index (χ1v) is 8.40. The summed E-state index contributed by atoms with van der Waals surface area (Å²) in [6, 6.07) is 0.768. The van der Waals surface area contributed by atoms with Gasteiger partial charge in [0.15, 0.2) is 0 Å². The molecule has 0 aliphatic rings. The second-order valence-electron chi connectivity index (χ2n) is 3.72. The predicted molar refractivity (Wildman–Crippen MR) is 69.8 cm³/mol. The van der Waals surface area contributed by atoms with Gasteiger partial charge in [-0.1, -0.05) is 0 Å². The molecule has 0 unspecified atom stereocenters. The van der Waals surface area contributed by atoms with Crippen LogP contribution in [0.2, 0.25) is 6.04 Å². The Morgan fingerprint density at radius 2 is 1.65 bits per heavy atom. The molecule has 104 valence electrons. The molecule has 6 heteroatoms. The Bertz CT molecular complexity index is 166. The van der Waals surface area contributed by atoms with Crippen LogP contribution in [0.25, 0.3) is 0 Å². The fourth-order valence-electron chi connectivity index (χ4n) is 1.54. The van der Waals surface area contributed by atoms with E-state index in [9.17, 15) is 0 Å². The van der Waals surface area contributed by atoms with Crippen molar-refractivity contribution in [3.05, 3.63) is 0 Å². The van der Waals surface area contributed by atoms with Crippen molar-refractivity contribution >= 4 is 8.80 Å². The minimum atomic E-state index is -2.53. The minimum absolute atomic E-state index is 0.198. The summed E-state index contributed by atoms with van der Waals surface area (Å²) in [5.74, 6) is 0. The van der Waals surface area contributed by atoms with Crippen LogP contribution in [0.5, 0.6) is 0 Å². The highest BCUT2D eigenvalue weighted by molar-refractivity contribution is 6.60. The lowest BCUT2D eigenvalue weighted by atomic mass is 10.3. The number of rotatable bonds is 12. The van der Waals surface area contributed by atoms with Gasteiger partial charge < -0.3 is 24.1 Å². The topological polar surface area (TPSA) is 73.9 Å². The molecule has 0 aliphatic heterocycles. The number of nitrogens with two attached hydrogens (primary N) is 1. The summed E-state index contributed by atoms with van der Waals surface area (Å²) in [5, 5.41) is 8.72. The zero-order valence-corrected chi connectivity index (χ0v) is 12.1. The molecule has 0 aliphatic carbocycles. The van der Waals surface area contributed by atoms with Gasteiger partial charge in [-0.3, -0.25) is 0 Å². The van der Waals surface area contributed by atoms with Crippen LogP contribution in [0.15, 0.2) is 0 Å². The van der Waals surface area contributed by atoms with Crippen LogP contribution in [0.4, 0.5) is 0 Å². The minimum Gasteiger partial charge on any atom is -0.396 e. The Morgan fingerprint density at radius 1 is 1.00 bits per heavy atom. The van der Waals surface area contributed by atoms with Gasteiger partial charge in [0.05, 0.1) is 0 Å². The van der Waals surface area contributed by atoms with E-state index in [4.69, 9.17) is 24.1 Å². The molecule has 0 rings (SSSR count). The predicted octanol–water partition coefficient (Wildman–Crippen LogP) is 1.14. The van der Waals surface area contributed by atoms with Gasteiger partial charge in [-0.05, 0) is 39.7 Å². The van der Waals surface area contributed by atoms with Crippen LogP contribution < -0.4 is 5.73 Å². The summed E-state index contributed by atoms with van der Waals surface area (Å²) < 4.78 is 17.3. The summed E-state index contributed by atoms with van der Waals surface area (Å²) in [6.07, 6.45) is 2.43. The first kappa shape index (κ1) is 17.0. The van der Waals surface area contributed by atoms with Crippen LogP contribution in [0.3, 0.4) is 0 Å². The maximum Gasteiger partial charge on any atom is 0.500 e. The maximum absolute atomic E-state index is 8.72. The zero-order chi connectivity index (χ0) is 13.0. The van der Waals surface area contributed by atoms with Crippen molar-refractivity contribution in [3.63, 3.8) is 0 Å². The van der Waals surface area contributed by atoms with E-state index in [1.54, 1.807) is 0 Å². The van der Waals surface area contributed by atoms with Crippen molar-refractivity contribution in [2.75, 3.05) is 33.0 Å². The van der Waals surface area contributed by atoms with Gasteiger partial charge in [0, 0.05) is 32.5 Å². The standard InChI is InChI=1S/C11H27NO4Si/c1-3-14-17(15-4-2,11-7-8-12)16-10-6-5-9-13/h13H,3-12H2,1-2H3. The highest BCUT2D eigenvalue weighted by Gasteiger charge is 2.39. The number of unbranched alkanes of at least 4 members (excludes halogenated alkanes) is 1. The number of hydrogen-bond donors (Lipinski definition) is 2. The molecule has 0 aromatic carbocycles. The molecule has 0 fully saturated rings. The third-order valence-corrected chi connectivity index (χ3v) is 5.36. The van der Waals surface area contributed by atoms with E-state index in [0.717, 1.165) is 25.3 Å². The number of aliphatic hydroxyl groups is 1. The van der Waals surface area contributed by atoms with Crippen LogP contribution in [-0.4, -0.2) is 46.9 Å². The molecule has 0 saturated heterocycles. The smallest absolute Gasteiger partial charge is 0.396 e. The molecule has 0 heterocycles. The SMILES string of the molecule is CCO[Si](CCCN)(OCC)OCCCCO. The highest BCUT2D eigenvalue weighted by atomic mass is 28.4. The van der Waals surface area contributed by atoms with E-state index in [1.165, 1.54) is 0 Å². The van der Waals surface area contributed by atoms with Gasteiger partial charge in [0.1, 0.15) is 0 Å². The molecule has 0 amide bonds. The van der Waals surface area contributed by atoms with Gasteiger partial charge in [0.25, 0.3) is 0 Å². The van der Waals surface area contributed by atoms with E-state index >= 15 is 0 Å². The number of aliphatic hydroxyl groups excluding tert-OH is 1. The normalized spacial score (nSPS) is 12.0. The molecular formula is C11H27NO4Si. The van der Waals surface area contributed by atoms with E-state index < -0.39 is 8.80 Å². The van der Waals surface area contributed by atoms with Crippen molar-refractivity contribution in [1.82, 2.24) is 0 Å². The quantitative estimate of drug-likeness (QED) is 0.409. The van der Waals surface area contributed by atoms with E-state index in [0.29, 0.717) is 26.4 Å². The molecule has 5 nitrogen and oxygen atoms in total. The summed E-state index contributed by atoms with van der Waals surface area (Å²) in [5.41, 5.74) is 5.53. The molecule has 3 N–H and O–H groups in total. The molecule has 17 heavy (non-hydrogen) atoms. The zero-order valence-electron chi connectivity index (χ0n) is 11.1. The summed E-state index contributed by atoms with van der Waals surface area (Å²) in [7, 11) is -2.53. The highest BCUT2D eigenvalue weighted by Crippen LogP contribution is 2.18. The Hall–Kier alpha value is 0.0169. The van der Waals surface area contributed by atoms with Crippen LogP contribution >= 0.6 is 0 Å². The van der Waals surface area contributed by atoms with E-state index in [2.05, 4.69) is 0 Å². The lowest BCUT2D eigenvalue weighted by molar-refractivity contribution is 0.0642. The Morgan fingerprint density at radius 3 is 2.12 bits per heavy atom. The molecular weight excluding hydrogens is 238 g/mol. The fraction of sp³-hybridized carbons (Fsp3) is 1.00.